The lowest BCUT2D eigenvalue weighted by Crippen LogP contribution is -2.36. The molecule has 0 unspecified atom stereocenters. The number of aromatic nitrogens is 2. The van der Waals surface area contributed by atoms with Crippen LogP contribution in [0.15, 0.2) is 9.95 Å². The van der Waals surface area contributed by atoms with E-state index in [1.807, 2.05) is 4.90 Å². The Morgan fingerprint density at radius 2 is 2.00 bits per heavy atom. The largest absolute Gasteiger partial charge is 0.342 e. The molecule has 0 atom stereocenters. The lowest BCUT2D eigenvalue weighted by Gasteiger charge is -2.26. The van der Waals surface area contributed by atoms with Crippen LogP contribution in [0.3, 0.4) is 0 Å². The van der Waals surface area contributed by atoms with Gasteiger partial charge in [0.15, 0.2) is 5.16 Å². The van der Waals surface area contributed by atoms with E-state index in [4.69, 9.17) is 0 Å². The monoisotopic (exact) mass is 363 g/mol. The van der Waals surface area contributed by atoms with Crippen LogP contribution >= 0.6 is 23.1 Å². The standard InChI is InChI=1S/C17H21N3O2S2/c1-19-16(22)14-11-6-5-7-12(11)24-15(14)18-17(19)23-10-13(21)20-8-3-2-4-9-20/h2-10H2,1H3. The molecule has 0 aromatic carbocycles. The summed E-state index contributed by atoms with van der Waals surface area (Å²) in [5, 5.41) is 1.46. The van der Waals surface area contributed by atoms with Crippen LogP contribution in [-0.2, 0) is 24.7 Å². The molecule has 2 aromatic heterocycles. The molecule has 5 nitrogen and oxygen atoms in total. The average Bonchev–Trinajstić information content (AvgIpc) is 3.18. The number of aryl methyl sites for hydroxylation is 2. The van der Waals surface area contributed by atoms with Gasteiger partial charge in [0, 0.05) is 25.0 Å². The summed E-state index contributed by atoms with van der Waals surface area (Å²) in [6.45, 7) is 1.73. The average molecular weight is 364 g/mol. The summed E-state index contributed by atoms with van der Waals surface area (Å²) in [5.41, 5.74) is 1.25. The van der Waals surface area contributed by atoms with Gasteiger partial charge in [-0.05, 0) is 44.1 Å². The van der Waals surface area contributed by atoms with E-state index in [0.717, 1.165) is 55.4 Å². The molecule has 24 heavy (non-hydrogen) atoms. The fraction of sp³-hybridized carbons (Fsp3) is 0.588. The van der Waals surface area contributed by atoms with Gasteiger partial charge in [-0.25, -0.2) is 4.98 Å². The summed E-state index contributed by atoms with van der Waals surface area (Å²) in [6, 6.07) is 0. The summed E-state index contributed by atoms with van der Waals surface area (Å²) in [6.07, 6.45) is 6.61. The third-order valence-electron chi connectivity index (χ3n) is 4.94. The highest BCUT2D eigenvalue weighted by molar-refractivity contribution is 7.99. The van der Waals surface area contributed by atoms with E-state index in [-0.39, 0.29) is 11.5 Å². The molecule has 1 aliphatic heterocycles. The maximum absolute atomic E-state index is 12.7. The topological polar surface area (TPSA) is 55.2 Å². The van der Waals surface area contributed by atoms with Crippen LogP contribution in [0.1, 0.15) is 36.1 Å². The normalized spacial score (nSPS) is 17.5. The van der Waals surface area contributed by atoms with Gasteiger partial charge in [0.05, 0.1) is 11.1 Å². The minimum Gasteiger partial charge on any atom is -0.342 e. The fourth-order valence-electron chi connectivity index (χ4n) is 3.60. The van der Waals surface area contributed by atoms with Crippen LogP contribution < -0.4 is 5.56 Å². The number of amides is 1. The number of rotatable bonds is 3. The molecule has 2 aliphatic rings. The van der Waals surface area contributed by atoms with Gasteiger partial charge in [0.1, 0.15) is 4.83 Å². The van der Waals surface area contributed by atoms with Gasteiger partial charge in [-0.1, -0.05) is 11.8 Å². The lowest BCUT2D eigenvalue weighted by atomic mass is 10.1. The van der Waals surface area contributed by atoms with E-state index in [1.54, 1.807) is 23.0 Å². The van der Waals surface area contributed by atoms with Crippen LogP contribution in [0.2, 0.25) is 0 Å². The van der Waals surface area contributed by atoms with Crippen LogP contribution in [-0.4, -0.2) is 39.2 Å². The number of thiophene rings is 1. The quantitative estimate of drug-likeness (QED) is 0.621. The second kappa shape index (κ2) is 6.52. The number of hydrogen-bond acceptors (Lipinski definition) is 5. The summed E-state index contributed by atoms with van der Waals surface area (Å²) in [4.78, 5) is 33.9. The number of carbonyl (C=O) groups is 1. The first-order valence-corrected chi connectivity index (χ1v) is 10.4. The molecule has 4 rings (SSSR count). The van der Waals surface area contributed by atoms with Crippen molar-refractivity contribution in [1.82, 2.24) is 14.5 Å². The van der Waals surface area contributed by atoms with Crippen molar-refractivity contribution in [2.45, 2.75) is 43.7 Å². The Balaban J connectivity index is 1.57. The number of nitrogens with zero attached hydrogens (tertiary/aromatic N) is 3. The highest BCUT2D eigenvalue weighted by atomic mass is 32.2. The van der Waals surface area contributed by atoms with E-state index < -0.39 is 0 Å². The fourth-order valence-corrected chi connectivity index (χ4v) is 5.77. The molecule has 1 saturated heterocycles. The number of piperidine rings is 1. The highest BCUT2D eigenvalue weighted by Crippen LogP contribution is 2.35. The number of fused-ring (bicyclic) bond motifs is 3. The van der Waals surface area contributed by atoms with Crippen molar-refractivity contribution in [3.63, 3.8) is 0 Å². The Morgan fingerprint density at radius 3 is 2.79 bits per heavy atom. The van der Waals surface area contributed by atoms with E-state index >= 15 is 0 Å². The molecule has 2 aromatic rings. The SMILES string of the molecule is Cn1c(SCC(=O)N2CCCCC2)nc2sc3c(c2c1=O)CCC3. The number of hydrogen-bond donors (Lipinski definition) is 0. The van der Waals surface area contributed by atoms with Crippen molar-refractivity contribution in [2.75, 3.05) is 18.8 Å². The molecule has 0 saturated carbocycles. The molecule has 7 heteroatoms. The molecule has 1 fully saturated rings. The molecule has 0 N–H and O–H groups in total. The predicted octanol–water partition coefficient (Wildman–Crippen LogP) is 2.59. The van der Waals surface area contributed by atoms with Gasteiger partial charge in [0.25, 0.3) is 5.56 Å². The first kappa shape index (κ1) is 16.1. The summed E-state index contributed by atoms with van der Waals surface area (Å²) in [7, 11) is 1.77. The Bertz CT molecular complexity index is 850. The van der Waals surface area contributed by atoms with E-state index in [9.17, 15) is 9.59 Å². The van der Waals surface area contributed by atoms with Crippen molar-refractivity contribution in [1.29, 1.82) is 0 Å². The number of thioether (sulfide) groups is 1. The molecule has 0 radical (unpaired) electrons. The molecule has 1 aliphatic carbocycles. The number of likely N-dealkylation sites (tertiary alicyclic amines) is 1. The Morgan fingerprint density at radius 1 is 1.21 bits per heavy atom. The number of carbonyl (C=O) groups excluding carboxylic acids is 1. The Labute approximate surface area is 149 Å². The minimum absolute atomic E-state index is 0.0346. The van der Waals surface area contributed by atoms with Crippen molar-refractivity contribution < 1.29 is 4.79 Å². The maximum atomic E-state index is 12.7. The van der Waals surface area contributed by atoms with Crippen molar-refractivity contribution in [3.8, 4) is 0 Å². The Hall–Kier alpha value is -1.34. The molecular formula is C17H21N3O2S2. The van der Waals surface area contributed by atoms with Gasteiger partial charge in [-0.15, -0.1) is 11.3 Å². The van der Waals surface area contributed by atoms with E-state index in [2.05, 4.69) is 4.98 Å². The predicted molar refractivity (Wildman–Crippen MR) is 98.0 cm³/mol. The smallest absolute Gasteiger partial charge is 0.262 e. The Kier molecular flexibility index (Phi) is 4.39. The molecule has 3 heterocycles. The van der Waals surface area contributed by atoms with Gasteiger partial charge in [-0.2, -0.15) is 0 Å². The first-order valence-electron chi connectivity index (χ1n) is 8.57. The van der Waals surface area contributed by atoms with Crippen molar-refractivity contribution >= 4 is 39.2 Å². The maximum Gasteiger partial charge on any atom is 0.262 e. The van der Waals surface area contributed by atoms with E-state index in [0.29, 0.717) is 10.9 Å². The summed E-state index contributed by atoms with van der Waals surface area (Å²) in [5.74, 6) is 0.513. The minimum atomic E-state index is 0.0346. The molecule has 0 spiro atoms. The zero-order valence-electron chi connectivity index (χ0n) is 13.8. The van der Waals surface area contributed by atoms with Crippen LogP contribution in [0, 0.1) is 0 Å². The van der Waals surface area contributed by atoms with Crippen LogP contribution in [0.25, 0.3) is 10.2 Å². The second-order valence-corrected chi connectivity index (χ2v) is 8.55. The van der Waals surface area contributed by atoms with Gasteiger partial charge in [-0.3, -0.25) is 14.2 Å². The molecule has 128 valence electrons. The third kappa shape index (κ3) is 2.77. The van der Waals surface area contributed by atoms with Crippen molar-refractivity contribution in [2.24, 2.45) is 7.05 Å². The highest BCUT2D eigenvalue weighted by Gasteiger charge is 2.23. The van der Waals surface area contributed by atoms with Gasteiger partial charge in [0.2, 0.25) is 5.91 Å². The van der Waals surface area contributed by atoms with E-state index in [1.165, 1.54) is 28.6 Å². The molecular weight excluding hydrogens is 342 g/mol. The van der Waals surface area contributed by atoms with Crippen molar-refractivity contribution in [3.05, 3.63) is 20.8 Å². The summed E-state index contributed by atoms with van der Waals surface area (Å²) < 4.78 is 1.61. The van der Waals surface area contributed by atoms with Gasteiger partial charge >= 0.3 is 0 Å². The van der Waals surface area contributed by atoms with Crippen LogP contribution in [0.5, 0.6) is 0 Å². The van der Waals surface area contributed by atoms with Gasteiger partial charge < -0.3 is 4.90 Å². The second-order valence-electron chi connectivity index (χ2n) is 6.53. The molecule has 0 bridgehead atoms. The van der Waals surface area contributed by atoms with Crippen LogP contribution in [0.4, 0.5) is 0 Å². The lowest BCUT2D eigenvalue weighted by molar-refractivity contribution is -0.129. The zero-order chi connectivity index (χ0) is 16.7. The zero-order valence-corrected chi connectivity index (χ0v) is 15.5. The third-order valence-corrected chi connectivity index (χ3v) is 7.14. The molecule has 1 amide bonds. The first-order chi connectivity index (χ1) is 11.6. The summed E-state index contributed by atoms with van der Waals surface area (Å²) >= 11 is 3.04.